The van der Waals surface area contributed by atoms with Gasteiger partial charge in [0, 0.05) is 0 Å². The molecule has 2 saturated heterocycles. The van der Waals surface area contributed by atoms with Crippen LogP contribution in [0.25, 0.3) is 0 Å². The van der Waals surface area contributed by atoms with Gasteiger partial charge in [0.2, 0.25) is 0 Å². The van der Waals surface area contributed by atoms with E-state index in [1.807, 2.05) is 30.3 Å². The Morgan fingerprint density at radius 2 is 2.05 bits per heavy atom. The van der Waals surface area contributed by atoms with Crippen molar-refractivity contribution in [3.8, 4) is 0 Å². The van der Waals surface area contributed by atoms with E-state index >= 15 is 0 Å². The van der Waals surface area contributed by atoms with E-state index in [1.165, 1.54) is 0 Å². The summed E-state index contributed by atoms with van der Waals surface area (Å²) in [5.41, 5.74) is 0.112. The number of ether oxygens (including phenoxy) is 4. The lowest BCUT2D eigenvalue weighted by Gasteiger charge is -2.23. The van der Waals surface area contributed by atoms with Gasteiger partial charge >= 0.3 is 0 Å². The minimum Gasteiger partial charge on any atom is -0.374 e. The molecule has 0 radical (unpaired) electrons. The fraction of sp³-hybridized carbons (Fsp3) is 0.625. The van der Waals surface area contributed by atoms with Crippen LogP contribution >= 0.6 is 0 Å². The van der Waals surface area contributed by atoms with Gasteiger partial charge in [-0.3, -0.25) is 0 Å². The zero-order valence-corrected chi connectivity index (χ0v) is 12.4. The average molecular weight is 296 g/mol. The molecule has 2 aliphatic rings. The van der Waals surface area contributed by atoms with Gasteiger partial charge < -0.3 is 18.9 Å². The van der Waals surface area contributed by atoms with Gasteiger partial charge in [0.15, 0.2) is 11.4 Å². The predicted molar refractivity (Wildman–Crippen MR) is 74.6 cm³/mol. The SMILES string of the molecule is CC1(C)OC2[C@@H](COCc3ccccc3)OCC2(CF)O1. The van der Waals surface area contributed by atoms with Crippen LogP contribution in [0.1, 0.15) is 19.4 Å². The Morgan fingerprint density at radius 1 is 1.29 bits per heavy atom. The smallest absolute Gasteiger partial charge is 0.164 e. The summed E-state index contributed by atoms with van der Waals surface area (Å²) in [6, 6.07) is 9.90. The average Bonchev–Trinajstić information content (AvgIpc) is 2.92. The van der Waals surface area contributed by atoms with Crippen LogP contribution in [0.3, 0.4) is 0 Å². The van der Waals surface area contributed by atoms with Crippen molar-refractivity contribution < 1.29 is 23.3 Å². The first-order chi connectivity index (χ1) is 10.0. The van der Waals surface area contributed by atoms with Gasteiger partial charge in [0.1, 0.15) is 18.9 Å². The number of halogens is 1. The Kier molecular flexibility index (Phi) is 4.01. The number of alkyl halides is 1. The van der Waals surface area contributed by atoms with Crippen molar-refractivity contribution in [1.29, 1.82) is 0 Å². The van der Waals surface area contributed by atoms with Crippen LogP contribution in [0.2, 0.25) is 0 Å². The van der Waals surface area contributed by atoms with E-state index < -0.39 is 24.2 Å². The molecular weight excluding hydrogens is 275 g/mol. The lowest BCUT2D eigenvalue weighted by molar-refractivity contribution is -0.195. The van der Waals surface area contributed by atoms with Gasteiger partial charge in [-0.1, -0.05) is 30.3 Å². The molecule has 1 aromatic carbocycles. The Balaban J connectivity index is 1.57. The molecule has 2 fully saturated rings. The summed E-state index contributed by atoms with van der Waals surface area (Å²) in [6.07, 6.45) is -0.723. The number of benzene rings is 1. The van der Waals surface area contributed by atoms with Crippen LogP contribution in [0, 0.1) is 0 Å². The summed E-state index contributed by atoms with van der Waals surface area (Å²) in [7, 11) is 0. The first-order valence-corrected chi connectivity index (χ1v) is 7.22. The number of fused-ring (bicyclic) bond motifs is 1. The van der Waals surface area contributed by atoms with Crippen LogP contribution in [0.4, 0.5) is 4.39 Å². The normalized spacial score (nSPS) is 34.0. The monoisotopic (exact) mass is 296 g/mol. The molecule has 5 heteroatoms. The van der Waals surface area contributed by atoms with Gasteiger partial charge in [-0.2, -0.15) is 0 Å². The van der Waals surface area contributed by atoms with Crippen molar-refractivity contribution in [1.82, 2.24) is 0 Å². The Bertz CT molecular complexity index is 478. The van der Waals surface area contributed by atoms with Crippen LogP contribution in [-0.2, 0) is 25.6 Å². The molecule has 4 nitrogen and oxygen atoms in total. The van der Waals surface area contributed by atoms with E-state index in [-0.39, 0.29) is 12.7 Å². The molecule has 0 spiro atoms. The lowest BCUT2D eigenvalue weighted by atomic mass is 9.99. The highest BCUT2D eigenvalue weighted by atomic mass is 19.1. The molecule has 1 aromatic rings. The van der Waals surface area contributed by atoms with E-state index in [4.69, 9.17) is 18.9 Å². The van der Waals surface area contributed by atoms with E-state index in [0.29, 0.717) is 13.2 Å². The standard InChI is InChI=1S/C16H21FO4/c1-15(2)20-14-13(19-11-16(14,10-17)21-15)9-18-8-12-6-4-3-5-7-12/h3-7,13-14H,8-11H2,1-2H3/t13-,14?,16?/m1/s1. The van der Waals surface area contributed by atoms with Crippen LogP contribution in [0.15, 0.2) is 30.3 Å². The molecule has 21 heavy (non-hydrogen) atoms. The zero-order chi connectivity index (χ0) is 14.9. The molecule has 2 aliphatic heterocycles. The third-order valence-corrected chi connectivity index (χ3v) is 3.88. The topological polar surface area (TPSA) is 36.9 Å². The maximum absolute atomic E-state index is 13.4. The number of rotatable bonds is 5. The van der Waals surface area contributed by atoms with Crippen molar-refractivity contribution >= 4 is 0 Å². The highest BCUT2D eigenvalue weighted by molar-refractivity contribution is 5.13. The second-order valence-corrected chi connectivity index (χ2v) is 6.09. The first kappa shape index (κ1) is 14.9. The minimum absolute atomic E-state index is 0.205. The van der Waals surface area contributed by atoms with Crippen molar-refractivity contribution in [2.75, 3.05) is 19.9 Å². The molecule has 116 valence electrons. The second kappa shape index (κ2) is 5.65. The Morgan fingerprint density at radius 3 is 2.76 bits per heavy atom. The van der Waals surface area contributed by atoms with Gasteiger partial charge in [-0.25, -0.2) is 4.39 Å². The highest BCUT2D eigenvalue weighted by Crippen LogP contribution is 2.43. The zero-order valence-electron chi connectivity index (χ0n) is 12.4. The molecule has 3 atom stereocenters. The molecule has 3 rings (SSSR count). The molecular formula is C16H21FO4. The van der Waals surface area contributed by atoms with E-state index in [9.17, 15) is 4.39 Å². The fourth-order valence-corrected chi connectivity index (χ4v) is 2.99. The molecule has 2 unspecified atom stereocenters. The van der Waals surface area contributed by atoms with Gasteiger partial charge in [0.25, 0.3) is 0 Å². The molecule has 0 saturated carbocycles. The van der Waals surface area contributed by atoms with Crippen molar-refractivity contribution in [3.05, 3.63) is 35.9 Å². The summed E-state index contributed by atoms with van der Waals surface area (Å²) in [6.45, 7) is 4.05. The van der Waals surface area contributed by atoms with Crippen LogP contribution in [0.5, 0.6) is 0 Å². The Hall–Kier alpha value is -1.01. The van der Waals surface area contributed by atoms with Crippen molar-refractivity contribution in [2.45, 2.75) is 44.1 Å². The summed E-state index contributed by atoms with van der Waals surface area (Å²) in [5.74, 6) is -0.780. The van der Waals surface area contributed by atoms with E-state index in [1.54, 1.807) is 13.8 Å². The molecule has 0 N–H and O–H groups in total. The largest absolute Gasteiger partial charge is 0.374 e. The van der Waals surface area contributed by atoms with Crippen molar-refractivity contribution in [3.63, 3.8) is 0 Å². The summed E-state index contributed by atoms with van der Waals surface area (Å²) >= 11 is 0. The number of hydrogen-bond acceptors (Lipinski definition) is 4. The summed E-state index contributed by atoms with van der Waals surface area (Å²) in [4.78, 5) is 0. The molecule has 0 aliphatic carbocycles. The third-order valence-electron chi connectivity index (χ3n) is 3.88. The maximum Gasteiger partial charge on any atom is 0.164 e. The Labute approximate surface area is 124 Å². The van der Waals surface area contributed by atoms with Gasteiger partial charge in [0.05, 0.1) is 19.8 Å². The highest BCUT2D eigenvalue weighted by Gasteiger charge is 2.61. The lowest BCUT2D eigenvalue weighted by Crippen LogP contribution is -2.44. The van der Waals surface area contributed by atoms with Gasteiger partial charge in [-0.05, 0) is 19.4 Å². The third kappa shape index (κ3) is 2.97. The molecule has 0 bridgehead atoms. The van der Waals surface area contributed by atoms with E-state index in [0.717, 1.165) is 5.56 Å². The van der Waals surface area contributed by atoms with E-state index in [2.05, 4.69) is 0 Å². The predicted octanol–water partition coefficient (Wildman–Crippen LogP) is 2.46. The molecule has 0 amide bonds. The van der Waals surface area contributed by atoms with Crippen LogP contribution < -0.4 is 0 Å². The number of hydrogen-bond donors (Lipinski definition) is 0. The quantitative estimate of drug-likeness (QED) is 0.836. The minimum atomic E-state index is -0.982. The summed E-state index contributed by atoms with van der Waals surface area (Å²) in [5, 5.41) is 0. The molecule has 2 heterocycles. The second-order valence-electron chi connectivity index (χ2n) is 6.09. The van der Waals surface area contributed by atoms with Crippen LogP contribution in [-0.4, -0.2) is 43.5 Å². The fourth-order valence-electron chi connectivity index (χ4n) is 2.99. The molecule has 0 aromatic heterocycles. The maximum atomic E-state index is 13.4. The van der Waals surface area contributed by atoms with Crippen molar-refractivity contribution in [2.24, 2.45) is 0 Å². The van der Waals surface area contributed by atoms with Gasteiger partial charge in [-0.15, -0.1) is 0 Å². The summed E-state index contributed by atoms with van der Waals surface area (Å²) < 4.78 is 36.3. The first-order valence-electron chi connectivity index (χ1n) is 7.22.